The molecule has 3 aromatic carbocycles. The first kappa shape index (κ1) is 18.9. The molecule has 0 radical (unpaired) electrons. The Balaban J connectivity index is 1.65. The molecule has 0 unspecified atom stereocenters. The van der Waals surface area contributed by atoms with Crippen LogP contribution in [-0.4, -0.2) is 11.8 Å². The third-order valence-corrected chi connectivity index (χ3v) is 4.32. The van der Waals surface area contributed by atoms with E-state index in [9.17, 15) is 9.59 Å². The molecule has 0 aliphatic heterocycles. The van der Waals surface area contributed by atoms with Gasteiger partial charge >= 0.3 is 5.97 Å². The number of benzene rings is 3. The van der Waals surface area contributed by atoms with Crippen LogP contribution in [-0.2, 0) is 0 Å². The molecular weight excluding hydrogens is 383 g/mol. The maximum absolute atomic E-state index is 12.1. The SMILES string of the molecule is O=C(/C=C/c1ccc(OC(=O)c2ccccc2Cl)cc1)c1ccc(Cl)cc1. The van der Waals surface area contributed by atoms with Gasteiger partial charge in [-0.3, -0.25) is 4.79 Å². The number of allylic oxidation sites excluding steroid dienone is 1. The average molecular weight is 397 g/mol. The lowest BCUT2D eigenvalue weighted by Gasteiger charge is -2.06. The minimum Gasteiger partial charge on any atom is -0.423 e. The van der Waals surface area contributed by atoms with Crippen LogP contribution in [0, 0.1) is 0 Å². The minimum atomic E-state index is -0.526. The molecule has 0 fully saturated rings. The molecule has 3 aromatic rings. The molecule has 3 rings (SSSR count). The van der Waals surface area contributed by atoms with Gasteiger partial charge in [0.05, 0.1) is 10.6 Å². The Kier molecular flexibility index (Phi) is 6.07. The first-order valence-corrected chi connectivity index (χ1v) is 8.83. The lowest BCUT2D eigenvalue weighted by atomic mass is 10.1. The molecule has 0 heterocycles. The average Bonchev–Trinajstić information content (AvgIpc) is 2.68. The van der Waals surface area contributed by atoms with Crippen molar-refractivity contribution in [2.24, 2.45) is 0 Å². The molecule has 0 aliphatic rings. The summed E-state index contributed by atoms with van der Waals surface area (Å²) in [5, 5.41) is 0.917. The second-order valence-corrected chi connectivity index (χ2v) is 6.49. The van der Waals surface area contributed by atoms with Crippen LogP contribution in [0.2, 0.25) is 10.0 Å². The Labute approximate surface area is 166 Å². The van der Waals surface area contributed by atoms with E-state index in [4.69, 9.17) is 27.9 Å². The summed E-state index contributed by atoms with van der Waals surface area (Å²) in [7, 11) is 0. The van der Waals surface area contributed by atoms with Gasteiger partial charge in [-0.05, 0) is 60.2 Å². The number of halogens is 2. The minimum absolute atomic E-state index is 0.124. The number of ketones is 1. The molecule has 134 valence electrons. The Hall–Kier alpha value is -2.88. The van der Waals surface area contributed by atoms with Crippen molar-refractivity contribution < 1.29 is 14.3 Å². The molecule has 0 atom stereocenters. The summed E-state index contributed by atoms with van der Waals surface area (Å²) in [6.45, 7) is 0. The summed E-state index contributed by atoms with van der Waals surface area (Å²) in [6.07, 6.45) is 3.17. The molecular formula is C22H14Cl2O3. The van der Waals surface area contributed by atoms with Gasteiger partial charge in [0.25, 0.3) is 0 Å². The van der Waals surface area contributed by atoms with Crippen LogP contribution in [0.4, 0.5) is 0 Å². The van der Waals surface area contributed by atoms with Gasteiger partial charge in [0.15, 0.2) is 5.78 Å². The van der Waals surface area contributed by atoms with Crippen LogP contribution in [0.5, 0.6) is 5.75 Å². The van der Waals surface area contributed by atoms with Crippen molar-refractivity contribution in [2.45, 2.75) is 0 Å². The Morgan fingerprint density at radius 3 is 2.15 bits per heavy atom. The van der Waals surface area contributed by atoms with Crippen LogP contribution in [0.15, 0.2) is 78.9 Å². The van der Waals surface area contributed by atoms with E-state index in [1.165, 1.54) is 6.08 Å². The number of esters is 1. The van der Waals surface area contributed by atoms with Crippen LogP contribution in [0.25, 0.3) is 6.08 Å². The highest BCUT2D eigenvalue weighted by Gasteiger charge is 2.11. The summed E-state index contributed by atoms with van der Waals surface area (Å²) < 4.78 is 5.32. The number of hydrogen-bond donors (Lipinski definition) is 0. The normalized spacial score (nSPS) is 10.7. The van der Waals surface area contributed by atoms with E-state index in [2.05, 4.69) is 0 Å². The van der Waals surface area contributed by atoms with Crippen LogP contribution in [0.1, 0.15) is 26.3 Å². The summed E-state index contributed by atoms with van der Waals surface area (Å²) in [5.41, 5.74) is 1.66. The maximum atomic E-state index is 12.1. The first-order chi connectivity index (χ1) is 13.0. The van der Waals surface area contributed by atoms with Gasteiger partial charge in [0.1, 0.15) is 5.75 Å². The van der Waals surface area contributed by atoms with E-state index >= 15 is 0 Å². The number of carbonyl (C=O) groups is 2. The molecule has 0 spiro atoms. The van der Waals surface area contributed by atoms with Gasteiger partial charge in [-0.15, -0.1) is 0 Å². The lowest BCUT2D eigenvalue weighted by Crippen LogP contribution is -2.08. The van der Waals surface area contributed by atoms with Gasteiger partial charge in [0, 0.05) is 10.6 Å². The van der Waals surface area contributed by atoms with Crippen molar-refractivity contribution in [1.82, 2.24) is 0 Å². The Bertz CT molecular complexity index is 991. The Morgan fingerprint density at radius 2 is 1.48 bits per heavy atom. The molecule has 3 nitrogen and oxygen atoms in total. The molecule has 0 N–H and O–H groups in total. The fourth-order valence-electron chi connectivity index (χ4n) is 2.32. The quantitative estimate of drug-likeness (QED) is 0.226. The highest BCUT2D eigenvalue weighted by atomic mass is 35.5. The Morgan fingerprint density at radius 1 is 0.815 bits per heavy atom. The third-order valence-electron chi connectivity index (χ3n) is 3.74. The zero-order valence-electron chi connectivity index (χ0n) is 14.1. The molecule has 0 saturated carbocycles. The van der Waals surface area contributed by atoms with Crippen molar-refractivity contribution in [2.75, 3.05) is 0 Å². The molecule has 27 heavy (non-hydrogen) atoms. The maximum Gasteiger partial charge on any atom is 0.345 e. The molecule has 0 amide bonds. The van der Waals surface area contributed by atoms with Gasteiger partial charge in [-0.25, -0.2) is 4.79 Å². The molecule has 0 aliphatic carbocycles. The number of ether oxygens (including phenoxy) is 1. The van der Waals surface area contributed by atoms with Crippen molar-refractivity contribution in [3.05, 3.63) is 106 Å². The summed E-state index contributed by atoms with van der Waals surface area (Å²) in [5.74, 6) is -0.260. The second kappa shape index (κ2) is 8.67. The van der Waals surface area contributed by atoms with Gasteiger partial charge in [-0.2, -0.15) is 0 Å². The van der Waals surface area contributed by atoms with E-state index in [0.717, 1.165) is 5.56 Å². The summed E-state index contributed by atoms with van der Waals surface area (Å²) in [6, 6.07) is 20.2. The molecule has 0 aromatic heterocycles. The van der Waals surface area contributed by atoms with Crippen molar-refractivity contribution >= 4 is 41.0 Å². The van der Waals surface area contributed by atoms with E-state index in [1.807, 2.05) is 0 Å². The highest BCUT2D eigenvalue weighted by molar-refractivity contribution is 6.33. The fraction of sp³-hybridized carbons (Fsp3) is 0. The molecule has 5 heteroatoms. The summed E-state index contributed by atoms with van der Waals surface area (Å²) in [4.78, 5) is 24.3. The number of hydrogen-bond acceptors (Lipinski definition) is 3. The van der Waals surface area contributed by atoms with Crippen molar-refractivity contribution in [1.29, 1.82) is 0 Å². The van der Waals surface area contributed by atoms with E-state index in [1.54, 1.807) is 78.9 Å². The van der Waals surface area contributed by atoms with Crippen molar-refractivity contribution in [3.63, 3.8) is 0 Å². The second-order valence-electron chi connectivity index (χ2n) is 5.64. The fourth-order valence-corrected chi connectivity index (χ4v) is 2.66. The monoisotopic (exact) mass is 396 g/mol. The number of carbonyl (C=O) groups excluding carboxylic acids is 2. The summed E-state index contributed by atoms with van der Waals surface area (Å²) >= 11 is 11.8. The largest absolute Gasteiger partial charge is 0.423 e. The zero-order valence-corrected chi connectivity index (χ0v) is 15.6. The van der Waals surface area contributed by atoms with Crippen LogP contribution in [0.3, 0.4) is 0 Å². The van der Waals surface area contributed by atoms with Crippen molar-refractivity contribution in [3.8, 4) is 5.75 Å². The van der Waals surface area contributed by atoms with Gasteiger partial charge < -0.3 is 4.74 Å². The topological polar surface area (TPSA) is 43.4 Å². The predicted molar refractivity (Wildman–Crippen MR) is 108 cm³/mol. The first-order valence-electron chi connectivity index (χ1n) is 8.08. The highest BCUT2D eigenvalue weighted by Crippen LogP contribution is 2.19. The van der Waals surface area contributed by atoms with Crippen LogP contribution < -0.4 is 4.74 Å². The van der Waals surface area contributed by atoms with Crippen LogP contribution >= 0.6 is 23.2 Å². The smallest absolute Gasteiger partial charge is 0.345 e. The van der Waals surface area contributed by atoms with E-state index in [-0.39, 0.29) is 5.78 Å². The third kappa shape index (κ3) is 5.07. The van der Waals surface area contributed by atoms with Gasteiger partial charge in [-0.1, -0.05) is 53.5 Å². The number of rotatable bonds is 5. The van der Waals surface area contributed by atoms with E-state index < -0.39 is 5.97 Å². The molecule has 0 bridgehead atoms. The lowest BCUT2D eigenvalue weighted by molar-refractivity contribution is 0.0734. The van der Waals surface area contributed by atoms with E-state index in [0.29, 0.717) is 26.9 Å². The van der Waals surface area contributed by atoms with Gasteiger partial charge in [0.2, 0.25) is 0 Å². The predicted octanol–water partition coefficient (Wildman–Crippen LogP) is 6.11. The zero-order chi connectivity index (χ0) is 19.2. The standard InChI is InChI=1S/C22H14Cl2O3/c23-17-10-8-16(9-11-17)21(25)14-7-15-5-12-18(13-6-15)27-22(26)19-3-1-2-4-20(19)24/h1-14H/b14-7+. The molecule has 0 saturated heterocycles.